The minimum Gasteiger partial charge on any atom is -0.439 e. The summed E-state index contributed by atoms with van der Waals surface area (Å²) in [7, 11) is 0. The standard InChI is InChI=1S/C25H20ClN3O2/c26-20-6-3-5-19(14-20)23-15-28-24(31-23)16-27-21-10-8-18(9-11-21)25(30)29-13-12-17-4-1-2-7-22(17)29/h1-11,14-15,27H,12-13,16H2. The fourth-order valence-corrected chi connectivity index (χ4v) is 3.97. The van der Waals surface area contributed by atoms with Crippen LogP contribution in [0.3, 0.4) is 0 Å². The Morgan fingerprint density at radius 2 is 1.90 bits per heavy atom. The molecule has 0 bridgehead atoms. The molecular weight excluding hydrogens is 410 g/mol. The third-order valence-corrected chi connectivity index (χ3v) is 5.61. The van der Waals surface area contributed by atoms with Gasteiger partial charge < -0.3 is 14.6 Å². The van der Waals surface area contributed by atoms with Gasteiger partial charge in [-0.2, -0.15) is 0 Å². The van der Waals surface area contributed by atoms with Gasteiger partial charge in [-0.1, -0.05) is 41.9 Å². The highest BCUT2D eigenvalue weighted by molar-refractivity contribution is 6.30. The Morgan fingerprint density at radius 1 is 1.06 bits per heavy atom. The Hall–Kier alpha value is -3.57. The summed E-state index contributed by atoms with van der Waals surface area (Å²) in [5.74, 6) is 1.27. The molecule has 0 atom stereocenters. The smallest absolute Gasteiger partial charge is 0.258 e. The van der Waals surface area contributed by atoms with E-state index in [1.54, 1.807) is 6.20 Å². The molecule has 0 unspecified atom stereocenters. The van der Waals surface area contributed by atoms with Crippen molar-refractivity contribution in [3.8, 4) is 11.3 Å². The minimum atomic E-state index is 0.0235. The van der Waals surface area contributed by atoms with Crippen molar-refractivity contribution in [1.29, 1.82) is 0 Å². The molecule has 6 heteroatoms. The molecule has 0 aliphatic carbocycles. The first-order valence-corrected chi connectivity index (χ1v) is 10.5. The van der Waals surface area contributed by atoms with E-state index in [0.29, 0.717) is 28.8 Å². The molecule has 1 amide bonds. The fraction of sp³-hybridized carbons (Fsp3) is 0.120. The second-order valence-electron chi connectivity index (χ2n) is 7.40. The lowest BCUT2D eigenvalue weighted by atomic mass is 10.1. The molecule has 31 heavy (non-hydrogen) atoms. The molecule has 1 aromatic heterocycles. The van der Waals surface area contributed by atoms with Gasteiger partial charge >= 0.3 is 0 Å². The SMILES string of the molecule is O=C(c1ccc(NCc2ncc(-c3cccc(Cl)c3)o2)cc1)N1CCc2ccccc21. The van der Waals surface area contributed by atoms with Crippen LogP contribution in [0.5, 0.6) is 0 Å². The maximum Gasteiger partial charge on any atom is 0.258 e. The van der Waals surface area contributed by atoms with Gasteiger partial charge in [0.1, 0.15) is 0 Å². The van der Waals surface area contributed by atoms with Gasteiger partial charge in [0.15, 0.2) is 5.76 Å². The Labute approximate surface area is 185 Å². The van der Waals surface area contributed by atoms with E-state index >= 15 is 0 Å². The van der Waals surface area contributed by atoms with Crippen molar-refractivity contribution in [2.75, 3.05) is 16.8 Å². The van der Waals surface area contributed by atoms with Crippen molar-refractivity contribution < 1.29 is 9.21 Å². The number of rotatable bonds is 5. The van der Waals surface area contributed by atoms with Crippen LogP contribution in [0, 0.1) is 0 Å². The summed E-state index contributed by atoms with van der Waals surface area (Å²) in [4.78, 5) is 19.1. The maximum atomic E-state index is 12.9. The lowest BCUT2D eigenvalue weighted by Crippen LogP contribution is -2.28. The summed E-state index contributed by atoms with van der Waals surface area (Å²) in [6.07, 6.45) is 2.59. The van der Waals surface area contributed by atoms with Crippen molar-refractivity contribution in [1.82, 2.24) is 4.98 Å². The number of hydrogen-bond donors (Lipinski definition) is 1. The largest absolute Gasteiger partial charge is 0.439 e. The number of fused-ring (bicyclic) bond motifs is 1. The topological polar surface area (TPSA) is 58.4 Å². The molecule has 0 radical (unpaired) electrons. The fourth-order valence-electron chi connectivity index (χ4n) is 3.78. The third-order valence-electron chi connectivity index (χ3n) is 5.37. The predicted molar refractivity (Wildman–Crippen MR) is 123 cm³/mol. The van der Waals surface area contributed by atoms with E-state index in [4.69, 9.17) is 16.0 Å². The summed E-state index contributed by atoms with van der Waals surface area (Å²) in [6.45, 7) is 1.16. The molecule has 5 rings (SSSR count). The number of anilines is 2. The molecular formula is C25H20ClN3O2. The number of nitrogens with zero attached hydrogens (tertiary/aromatic N) is 2. The lowest BCUT2D eigenvalue weighted by Gasteiger charge is -2.17. The van der Waals surface area contributed by atoms with Crippen LogP contribution in [0.15, 0.2) is 83.4 Å². The van der Waals surface area contributed by atoms with E-state index in [1.807, 2.05) is 71.6 Å². The molecule has 3 aromatic carbocycles. The number of carbonyl (C=O) groups excluding carboxylic acids is 1. The molecule has 2 heterocycles. The Morgan fingerprint density at radius 3 is 2.74 bits per heavy atom. The summed E-state index contributed by atoms with van der Waals surface area (Å²) in [5.41, 5.74) is 4.67. The van der Waals surface area contributed by atoms with Crippen LogP contribution in [0.2, 0.25) is 5.02 Å². The van der Waals surface area contributed by atoms with Gasteiger partial charge in [-0.25, -0.2) is 4.98 Å². The highest BCUT2D eigenvalue weighted by Crippen LogP contribution is 2.29. The second kappa shape index (κ2) is 8.28. The number of carbonyl (C=O) groups is 1. The number of hydrogen-bond acceptors (Lipinski definition) is 4. The Balaban J connectivity index is 1.23. The van der Waals surface area contributed by atoms with E-state index in [-0.39, 0.29) is 5.91 Å². The number of aromatic nitrogens is 1. The van der Waals surface area contributed by atoms with E-state index in [0.717, 1.165) is 29.9 Å². The molecule has 0 saturated heterocycles. The van der Waals surface area contributed by atoms with E-state index < -0.39 is 0 Å². The minimum absolute atomic E-state index is 0.0235. The van der Waals surface area contributed by atoms with Gasteiger partial charge in [0.25, 0.3) is 5.91 Å². The first-order chi connectivity index (χ1) is 15.2. The average Bonchev–Trinajstić information content (AvgIpc) is 3.45. The van der Waals surface area contributed by atoms with Gasteiger partial charge in [0.05, 0.1) is 12.7 Å². The molecule has 1 aliphatic rings. The van der Waals surface area contributed by atoms with Gasteiger partial charge in [-0.05, 0) is 54.4 Å². The lowest BCUT2D eigenvalue weighted by molar-refractivity contribution is 0.0989. The number of halogens is 1. The Bertz CT molecular complexity index is 1230. The van der Waals surface area contributed by atoms with Gasteiger partial charge in [0.2, 0.25) is 5.89 Å². The monoisotopic (exact) mass is 429 g/mol. The summed E-state index contributed by atoms with van der Waals surface area (Å²) in [5, 5.41) is 3.93. The normalized spacial score (nSPS) is 12.6. The van der Waals surface area contributed by atoms with Crippen LogP contribution in [-0.2, 0) is 13.0 Å². The summed E-state index contributed by atoms with van der Waals surface area (Å²) in [6, 6.07) is 23.0. The number of nitrogens with one attached hydrogen (secondary N) is 1. The summed E-state index contributed by atoms with van der Waals surface area (Å²) < 4.78 is 5.82. The van der Waals surface area contributed by atoms with Crippen molar-refractivity contribution in [2.45, 2.75) is 13.0 Å². The molecule has 5 nitrogen and oxygen atoms in total. The number of oxazole rings is 1. The third kappa shape index (κ3) is 4.05. The van der Waals surface area contributed by atoms with Crippen molar-refractivity contribution in [3.63, 3.8) is 0 Å². The highest BCUT2D eigenvalue weighted by atomic mass is 35.5. The number of para-hydroxylation sites is 1. The maximum absolute atomic E-state index is 12.9. The molecule has 154 valence electrons. The molecule has 0 fully saturated rings. The predicted octanol–water partition coefficient (Wildman–Crippen LogP) is 5.81. The number of amides is 1. The van der Waals surface area contributed by atoms with E-state index in [2.05, 4.69) is 16.4 Å². The van der Waals surface area contributed by atoms with Gasteiger partial charge in [-0.3, -0.25) is 4.79 Å². The first-order valence-electron chi connectivity index (χ1n) is 10.1. The van der Waals surface area contributed by atoms with Crippen LogP contribution in [0.25, 0.3) is 11.3 Å². The second-order valence-corrected chi connectivity index (χ2v) is 7.83. The highest BCUT2D eigenvalue weighted by Gasteiger charge is 2.24. The van der Waals surface area contributed by atoms with Gasteiger partial charge in [0, 0.05) is 34.1 Å². The molecule has 1 aliphatic heterocycles. The molecule has 0 saturated carbocycles. The van der Waals surface area contributed by atoms with E-state index in [9.17, 15) is 4.79 Å². The van der Waals surface area contributed by atoms with Crippen LogP contribution in [0.4, 0.5) is 11.4 Å². The zero-order chi connectivity index (χ0) is 21.2. The number of benzene rings is 3. The van der Waals surface area contributed by atoms with Crippen LogP contribution >= 0.6 is 11.6 Å². The molecule has 1 N–H and O–H groups in total. The average molecular weight is 430 g/mol. The van der Waals surface area contributed by atoms with Crippen LogP contribution in [-0.4, -0.2) is 17.4 Å². The van der Waals surface area contributed by atoms with Gasteiger partial charge in [-0.15, -0.1) is 0 Å². The van der Waals surface area contributed by atoms with E-state index in [1.165, 1.54) is 5.56 Å². The van der Waals surface area contributed by atoms with Crippen LogP contribution < -0.4 is 10.2 Å². The van der Waals surface area contributed by atoms with Crippen LogP contribution in [0.1, 0.15) is 21.8 Å². The summed E-state index contributed by atoms with van der Waals surface area (Å²) >= 11 is 6.04. The first kappa shape index (κ1) is 19.4. The van der Waals surface area contributed by atoms with Crippen molar-refractivity contribution in [3.05, 3.63) is 101 Å². The molecule has 4 aromatic rings. The Kier molecular flexibility index (Phi) is 5.18. The van der Waals surface area contributed by atoms with Crippen molar-refractivity contribution in [2.24, 2.45) is 0 Å². The quantitative estimate of drug-likeness (QED) is 0.435. The zero-order valence-electron chi connectivity index (χ0n) is 16.7. The zero-order valence-corrected chi connectivity index (χ0v) is 17.5. The molecule has 0 spiro atoms. The van der Waals surface area contributed by atoms with Crippen molar-refractivity contribution >= 4 is 28.9 Å².